The summed E-state index contributed by atoms with van der Waals surface area (Å²) in [6, 6.07) is 5.41. The summed E-state index contributed by atoms with van der Waals surface area (Å²) in [4.78, 5) is 11.8. The second-order valence-corrected chi connectivity index (χ2v) is 3.86. The number of aliphatic hydroxyl groups is 1. The number of nitrogens with one attached hydrogen (secondary N) is 2. The van der Waals surface area contributed by atoms with Gasteiger partial charge >= 0.3 is 0 Å². The van der Waals surface area contributed by atoms with Gasteiger partial charge in [0.1, 0.15) is 0 Å². The number of H-pyrrole nitrogens is 1. The molecule has 0 saturated carbocycles. The Kier molecular flexibility index (Phi) is 3.72. The second-order valence-electron chi connectivity index (χ2n) is 3.86. The Bertz CT molecular complexity index is 507. The van der Waals surface area contributed by atoms with Gasteiger partial charge in [-0.15, -0.1) is 0 Å². The molecule has 0 unspecified atom stereocenters. The maximum Gasteiger partial charge on any atom is 0.251 e. The summed E-state index contributed by atoms with van der Waals surface area (Å²) in [5.74, 6) is -0.0916. The first-order chi connectivity index (χ1) is 8.31. The fourth-order valence-corrected chi connectivity index (χ4v) is 1.62. The van der Waals surface area contributed by atoms with Gasteiger partial charge in [-0.25, -0.2) is 0 Å². The van der Waals surface area contributed by atoms with Crippen LogP contribution in [0.25, 0.3) is 10.9 Å². The average Bonchev–Trinajstić information content (AvgIpc) is 2.81. The van der Waals surface area contributed by atoms with Crippen LogP contribution in [0.3, 0.4) is 0 Å². The van der Waals surface area contributed by atoms with Crippen molar-refractivity contribution in [3.8, 4) is 0 Å². The molecule has 0 radical (unpaired) electrons. The number of amides is 1. The van der Waals surface area contributed by atoms with Crippen LogP contribution in [0.1, 0.15) is 23.2 Å². The van der Waals surface area contributed by atoms with Gasteiger partial charge in [0.25, 0.3) is 5.91 Å². The van der Waals surface area contributed by atoms with Crippen molar-refractivity contribution < 1.29 is 9.90 Å². The predicted molar refractivity (Wildman–Crippen MR) is 64.7 cm³/mol. The molecule has 1 aromatic carbocycles. The van der Waals surface area contributed by atoms with E-state index >= 15 is 0 Å². The maximum absolute atomic E-state index is 11.8. The molecule has 1 aromatic heterocycles. The number of fused-ring (bicyclic) bond motifs is 1. The lowest BCUT2D eigenvalue weighted by atomic mass is 10.1. The van der Waals surface area contributed by atoms with Gasteiger partial charge in [0.2, 0.25) is 0 Å². The topological polar surface area (TPSA) is 78.0 Å². The number of aromatic amines is 1. The van der Waals surface area contributed by atoms with Crippen LogP contribution in [0, 0.1) is 0 Å². The van der Waals surface area contributed by atoms with Crippen molar-refractivity contribution in [3.05, 3.63) is 30.0 Å². The highest BCUT2D eigenvalue weighted by Crippen LogP contribution is 2.12. The molecule has 2 aromatic rings. The lowest BCUT2D eigenvalue weighted by Gasteiger charge is -2.04. The minimum Gasteiger partial charge on any atom is -0.396 e. The number of hydrogen-bond donors (Lipinski definition) is 3. The fourth-order valence-electron chi connectivity index (χ4n) is 1.62. The Morgan fingerprint density at radius 2 is 2.29 bits per heavy atom. The van der Waals surface area contributed by atoms with E-state index in [4.69, 9.17) is 5.11 Å². The fraction of sp³-hybridized carbons (Fsp3) is 0.333. The van der Waals surface area contributed by atoms with Crippen molar-refractivity contribution in [3.63, 3.8) is 0 Å². The minimum atomic E-state index is -0.0916. The van der Waals surface area contributed by atoms with Crippen LogP contribution in [0.15, 0.2) is 24.4 Å². The average molecular weight is 233 g/mol. The van der Waals surface area contributed by atoms with Gasteiger partial charge < -0.3 is 10.4 Å². The quantitative estimate of drug-likeness (QED) is 0.676. The first kappa shape index (κ1) is 11.6. The number of aromatic nitrogens is 2. The van der Waals surface area contributed by atoms with Gasteiger partial charge in [-0.2, -0.15) is 5.10 Å². The molecule has 17 heavy (non-hydrogen) atoms. The van der Waals surface area contributed by atoms with Crippen LogP contribution in [-0.4, -0.2) is 34.4 Å². The molecule has 90 valence electrons. The SMILES string of the molecule is O=C(NCCCCO)c1ccc2[nH]ncc2c1. The van der Waals surface area contributed by atoms with Crippen molar-refractivity contribution in [2.75, 3.05) is 13.2 Å². The van der Waals surface area contributed by atoms with E-state index < -0.39 is 0 Å². The molecule has 3 N–H and O–H groups in total. The second kappa shape index (κ2) is 5.45. The van der Waals surface area contributed by atoms with Crippen LogP contribution in [0.2, 0.25) is 0 Å². The molecule has 0 bridgehead atoms. The van der Waals surface area contributed by atoms with Gasteiger partial charge in [-0.05, 0) is 31.0 Å². The van der Waals surface area contributed by atoms with Crippen LogP contribution in [-0.2, 0) is 0 Å². The van der Waals surface area contributed by atoms with E-state index in [2.05, 4.69) is 15.5 Å². The largest absolute Gasteiger partial charge is 0.396 e. The smallest absolute Gasteiger partial charge is 0.251 e. The summed E-state index contributed by atoms with van der Waals surface area (Å²) >= 11 is 0. The Hall–Kier alpha value is -1.88. The summed E-state index contributed by atoms with van der Waals surface area (Å²) in [6.07, 6.45) is 3.19. The number of carbonyl (C=O) groups is 1. The van der Waals surface area contributed by atoms with Crippen molar-refractivity contribution in [2.24, 2.45) is 0 Å². The van der Waals surface area contributed by atoms with E-state index in [-0.39, 0.29) is 12.5 Å². The Labute approximate surface area is 98.8 Å². The minimum absolute atomic E-state index is 0.0916. The first-order valence-electron chi connectivity index (χ1n) is 5.63. The standard InChI is InChI=1S/C12H15N3O2/c16-6-2-1-5-13-12(17)9-3-4-11-10(7-9)8-14-15-11/h3-4,7-8,16H,1-2,5-6H2,(H,13,17)(H,14,15). The first-order valence-corrected chi connectivity index (χ1v) is 5.63. The van der Waals surface area contributed by atoms with Gasteiger partial charge in [0, 0.05) is 24.1 Å². The van der Waals surface area contributed by atoms with E-state index in [1.54, 1.807) is 18.3 Å². The molecular formula is C12H15N3O2. The molecule has 0 saturated heterocycles. The number of rotatable bonds is 5. The van der Waals surface area contributed by atoms with Gasteiger partial charge in [-0.1, -0.05) is 0 Å². The van der Waals surface area contributed by atoms with Crippen molar-refractivity contribution in [1.29, 1.82) is 0 Å². The normalized spacial score (nSPS) is 10.6. The van der Waals surface area contributed by atoms with E-state index in [0.29, 0.717) is 18.5 Å². The molecule has 1 amide bonds. The molecule has 0 fully saturated rings. The summed E-state index contributed by atoms with van der Waals surface area (Å²) < 4.78 is 0. The molecule has 0 atom stereocenters. The van der Waals surface area contributed by atoms with Crippen molar-refractivity contribution in [2.45, 2.75) is 12.8 Å². The zero-order valence-electron chi connectivity index (χ0n) is 9.44. The van der Waals surface area contributed by atoms with Gasteiger partial charge in [0.05, 0.1) is 11.7 Å². The third-order valence-corrected chi connectivity index (χ3v) is 2.57. The van der Waals surface area contributed by atoms with Crippen LogP contribution >= 0.6 is 0 Å². The number of benzene rings is 1. The molecule has 0 aliphatic rings. The Morgan fingerprint density at radius 3 is 3.12 bits per heavy atom. The van der Waals surface area contributed by atoms with Crippen LogP contribution < -0.4 is 5.32 Å². The summed E-state index contributed by atoms with van der Waals surface area (Å²) in [6.45, 7) is 0.750. The zero-order valence-corrected chi connectivity index (χ0v) is 9.44. The Morgan fingerprint density at radius 1 is 1.41 bits per heavy atom. The predicted octanol–water partition coefficient (Wildman–Crippen LogP) is 1.07. The van der Waals surface area contributed by atoms with Gasteiger partial charge in [-0.3, -0.25) is 9.89 Å². The van der Waals surface area contributed by atoms with Crippen molar-refractivity contribution >= 4 is 16.8 Å². The maximum atomic E-state index is 11.8. The Balaban J connectivity index is 1.98. The zero-order chi connectivity index (χ0) is 12.1. The number of unbranched alkanes of at least 4 members (excludes halogenated alkanes) is 1. The molecule has 0 aliphatic carbocycles. The molecule has 5 nitrogen and oxygen atoms in total. The highest BCUT2D eigenvalue weighted by molar-refractivity contribution is 5.97. The third kappa shape index (κ3) is 2.82. The summed E-state index contributed by atoms with van der Waals surface area (Å²) in [5.41, 5.74) is 1.55. The lowest BCUT2D eigenvalue weighted by Crippen LogP contribution is -2.24. The summed E-state index contributed by atoms with van der Waals surface area (Å²) in [5, 5.41) is 19.1. The molecule has 1 heterocycles. The molecule has 0 spiro atoms. The monoisotopic (exact) mass is 233 g/mol. The molecular weight excluding hydrogens is 218 g/mol. The highest BCUT2D eigenvalue weighted by atomic mass is 16.2. The van der Waals surface area contributed by atoms with E-state index in [9.17, 15) is 4.79 Å². The van der Waals surface area contributed by atoms with E-state index in [1.807, 2.05) is 6.07 Å². The molecule has 2 rings (SSSR count). The van der Waals surface area contributed by atoms with Gasteiger partial charge in [0.15, 0.2) is 0 Å². The van der Waals surface area contributed by atoms with E-state index in [1.165, 1.54) is 0 Å². The number of hydrogen-bond acceptors (Lipinski definition) is 3. The van der Waals surface area contributed by atoms with Crippen molar-refractivity contribution in [1.82, 2.24) is 15.5 Å². The third-order valence-electron chi connectivity index (χ3n) is 2.57. The summed E-state index contributed by atoms with van der Waals surface area (Å²) in [7, 11) is 0. The number of nitrogens with zero attached hydrogens (tertiary/aromatic N) is 1. The van der Waals surface area contributed by atoms with Crippen LogP contribution in [0.4, 0.5) is 0 Å². The van der Waals surface area contributed by atoms with Crippen LogP contribution in [0.5, 0.6) is 0 Å². The van der Waals surface area contributed by atoms with E-state index in [0.717, 1.165) is 17.3 Å². The molecule has 5 heteroatoms. The lowest BCUT2D eigenvalue weighted by molar-refractivity contribution is 0.0952. The highest BCUT2D eigenvalue weighted by Gasteiger charge is 2.06. The number of carbonyl (C=O) groups excluding carboxylic acids is 1. The molecule has 0 aliphatic heterocycles. The number of aliphatic hydroxyl groups excluding tert-OH is 1.